The molecule has 0 unspecified atom stereocenters. The summed E-state index contributed by atoms with van der Waals surface area (Å²) in [5.74, 6) is 0.556. The monoisotopic (exact) mass is 207 g/mol. The van der Waals surface area contributed by atoms with Gasteiger partial charge in [-0.1, -0.05) is 0 Å². The van der Waals surface area contributed by atoms with E-state index in [1.807, 2.05) is 0 Å². The first-order valence-electron chi connectivity index (χ1n) is 4.66. The number of rotatable bonds is 4. The van der Waals surface area contributed by atoms with E-state index >= 15 is 0 Å². The molecular formula is C8H17NO3S. The molecule has 78 valence electrons. The summed E-state index contributed by atoms with van der Waals surface area (Å²) in [6, 6.07) is 0. The first kappa shape index (κ1) is 10.9. The third-order valence-electron chi connectivity index (χ3n) is 2.20. The Hall–Kier alpha value is -0.130. The van der Waals surface area contributed by atoms with Crippen LogP contribution in [0, 0.1) is 0 Å². The Morgan fingerprint density at radius 3 is 2.46 bits per heavy atom. The van der Waals surface area contributed by atoms with Gasteiger partial charge in [-0.2, -0.15) is 0 Å². The van der Waals surface area contributed by atoms with E-state index in [1.165, 1.54) is 0 Å². The lowest BCUT2D eigenvalue weighted by Gasteiger charge is -2.22. The molecule has 1 heterocycles. The maximum absolute atomic E-state index is 11.1. The highest BCUT2D eigenvalue weighted by molar-refractivity contribution is 7.91. The molecule has 1 aliphatic heterocycles. The Kier molecular flexibility index (Phi) is 4.15. The largest absolute Gasteiger partial charge is 0.378 e. The van der Waals surface area contributed by atoms with Gasteiger partial charge in [-0.25, -0.2) is 8.42 Å². The minimum Gasteiger partial charge on any atom is -0.378 e. The standard InChI is InChI=1S/C8H17NO3S/c9-4-1-5-12-8-2-6-13(10,11)7-3-8/h8H,1-7,9H2. The van der Waals surface area contributed by atoms with Crippen LogP contribution >= 0.6 is 0 Å². The van der Waals surface area contributed by atoms with Crippen LogP contribution in [0.15, 0.2) is 0 Å². The molecule has 13 heavy (non-hydrogen) atoms. The summed E-state index contributed by atoms with van der Waals surface area (Å²) in [5, 5.41) is 0. The summed E-state index contributed by atoms with van der Waals surface area (Å²) >= 11 is 0. The Balaban J connectivity index is 2.18. The van der Waals surface area contributed by atoms with E-state index in [9.17, 15) is 8.42 Å². The molecule has 0 aliphatic carbocycles. The molecule has 0 aromatic heterocycles. The van der Waals surface area contributed by atoms with Crippen LogP contribution < -0.4 is 5.73 Å². The van der Waals surface area contributed by atoms with Gasteiger partial charge >= 0.3 is 0 Å². The fraction of sp³-hybridized carbons (Fsp3) is 1.00. The van der Waals surface area contributed by atoms with Crippen molar-refractivity contribution in [1.29, 1.82) is 0 Å². The molecule has 1 aliphatic rings. The second-order valence-electron chi connectivity index (χ2n) is 3.36. The molecule has 0 aromatic carbocycles. The van der Waals surface area contributed by atoms with Crippen molar-refractivity contribution in [2.45, 2.75) is 25.4 Å². The summed E-state index contributed by atoms with van der Waals surface area (Å²) in [7, 11) is -2.75. The lowest BCUT2D eigenvalue weighted by molar-refractivity contribution is 0.0464. The zero-order valence-electron chi connectivity index (χ0n) is 7.74. The van der Waals surface area contributed by atoms with Gasteiger partial charge in [0.25, 0.3) is 0 Å². The number of sulfone groups is 1. The second kappa shape index (κ2) is 4.93. The number of nitrogens with two attached hydrogens (primary N) is 1. The summed E-state index contributed by atoms with van der Waals surface area (Å²) in [4.78, 5) is 0. The van der Waals surface area contributed by atoms with E-state index in [1.54, 1.807) is 0 Å². The maximum atomic E-state index is 11.1. The zero-order chi connectivity index (χ0) is 9.73. The van der Waals surface area contributed by atoms with Crippen LogP contribution in [-0.4, -0.2) is 39.2 Å². The van der Waals surface area contributed by atoms with Crippen molar-refractivity contribution in [3.8, 4) is 0 Å². The highest BCUT2D eigenvalue weighted by Crippen LogP contribution is 2.15. The number of ether oxygens (including phenoxy) is 1. The van der Waals surface area contributed by atoms with Crippen LogP contribution in [0.3, 0.4) is 0 Å². The first-order valence-corrected chi connectivity index (χ1v) is 6.48. The Labute approximate surface area is 79.4 Å². The highest BCUT2D eigenvalue weighted by Gasteiger charge is 2.23. The van der Waals surface area contributed by atoms with Crippen molar-refractivity contribution in [1.82, 2.24) is 0 Å². The normalized spacial score (nSPS) is 23.2. The van der Waals surface area contributed by atoms with Gasteiger partial charge in [-0.05, 0) is 25.8 Å². The molecule has 1 fully saturated rings. The van der Waals surface area contributed by atoms with Crippen LogP contribution in [0.1, 0.15) is 19.3 Å². The van der Waals surface area contributed by atoms with E-state index in [4.69, 9.17) is 10.5 Å². The van der Waals surface area contributed by atoms with E-state index in [2.05, 4.69) is 0 Å². The van der Waals surface area contributed by atoms with Gasteiger partial charge in [0.1, 0.15) is 0 Å². The van der Waals surface area contributed by atoms with E-state index in [-0.39, 0.29) is 17.6 Å². The van der Waals surface area contributed by atoms with Gasteiger partial charge in [0, 0.05) is 6.61 Å². The lowest BCUT2D eigenvalue weighted by atomic mass is 10.2. The molecule has 1 saturated heterocycles. The third-order valence-corrected chi connectivity index (χ3v) is 3.92. The molecule has 0 radical (unpaired) electrons. The van der Waals surface area contributed by atoms with Crippen molar-refractivity contribution >= 4 is 9.84 Å². The molecule has 0 bridgehead atoms. The predicted molar refractivity (Wildman–Crippen MR) is 51.3 cm³/mol. The maximum Gasteiger partial charge on any atom is 0.150 e. The van der Waals surface area contributed by atoms with Crippen LogP contribution in [0.5, 0.6) is 0 Å². The van der Waals surface area contributed by atoms with E-state index < -0.39 is 9.84 Å². The van der Waals surface area contributed by atoms with Gasteiger partial charge in [-0.15, -0.1) is 0 Å². The van der Waals surface area contributed by atoms with Crippen molar-refractivity contribution in [2.24, 2.45) is 5.73 Å². The topological polar surface area (TPSA) is 69.4 Å². The Morgan fingerprint density at radius 2 is 1.92 bits per heavy atom. The average Bonchev–Trinajstić information content (AvgIpc) is 2.08. The van der Waals surface area contributed by atoms with Gasteiger partial charge < -0.3 is 10.5 Å². The van der Waals surface area contributed by atoms with Gasteiger partial charge in [0.15, 0.2) is 9.84 Å². The summed E-state index contributed by atoms with van der Waals surface area (Å²) in [6.07, 6.45) is 2.28. The number of hydrogen-bond acceptors (Lipinski definition) is 4. The molecule has 1 rings (SSSR count). The molecule has 0 atom stereocenters. The molecule has 0 amide bonds. The van der Waals surface area contributed by atoms with Crippen LogP contribution in [-0.2, 0) is 14.6 Å². The molecule has 0 spiro atoms. The second-order valence-corrected chi connectivity index (χ2v) is 5.67. The van der Waals surface area contributed by atoms with E-state index in [0.717, 1.165) is 6.42 Å². The quantitative estimate of drug-likeness (QED) is 0.655. The highest BCUT2D eigenvalue weighted by atomic mass is 32.2. The van der Waals surface area contributed by atoms with Crippen molar-refractivity contribution in [3.63, 3.8) is 0 Å². The summed E-state index contributed by atoms with van der Waals surface area (Å²) < 4.78 is 27.6. The average molecular weight is 207 g/mol. The van der Waals surface area contributed by atoms with Gasteiger partial charge in [0.05, 0.1) is 17.6 Å². The minimum atomic E-state index is -2.75. The van der Waals surface area contributed by atoms with Crippen LogP contribution in [0.2, 0.25) is 0 Å². The fourth-order valence-electron chi connectivity index (χ4n) is 1.37. The fourth-order valence-corrected chi connectivity index (χ4v) is 2.82. The molecule has 4 nitrogen and oxygen atoms in total. The molecular weight excluding hydrogens is 190 g/mol. The lowest BCUT2D eigenvalue weighted by Crippen LogP contribution is -2.29. The SMILES string of the molecule is NCCCOC1CCS(=O)(=O)CC1. The van der Waals surface area contributed by atoms with E-state index in [0.29, 0.717) is 26.0 Å². The minimum absolute atomic E-state index is 0.134. The van der Waals surface area contributed by atoms with Gasteiger partial charge in [0.2, 0.25) is 0 Å². The Bertz CT molecular complexity index is 224. The molecule has 0 saturated carbocycles. The predicted octanol–water partition coefficient (Wildman–Crippen LogP) is -0.0710. The van der Waals surface area contributed by atoms with Gasteiger partial charge in [-0.3, -0.25) is 0 Å². The third kappa shape index (κ3) is 4.06. The zero-order valence-corrected chi connectivity index (χ0v) is 8.55. The van der Waals surface area contributed by atoms with Crippen molar-refractivity contribution in [3.05, 3.63) is 0 Å². The van der Waals surface area contributed by atoms with Crippen molar-refractivity contribution in [2.75, 3.05) is 24.7 Å². The smallest absolute Gasteiger partial charge is 0.150 e. The van der Waals surface area contributed by atoms with Crippen molar-refractivity contribution < 1.29 is 13.2 Å². The van der Waals surface area contributed by atoms with Crippen LogP contribution in [0.4, 0.5) is 0 Å². The molecule has 0 aromatic rings. The van der Waals surface area contributed by atoms with Crippen LogP contribution in [0.25, 0.3) is 0 Å². The molecule has 2 N–H and O–H groups in total. The Morgan fingerprint density at radius 1 is 1.31 bits per heavy atom. The summed E-state index contributed by atoms with van der Waals surface area (Å²) in [5.41, 5.74) is 5.31. The summed E-state index contributed by atoms with van der Waals surface area (Å²) in [6.45, 7) is 1.28. The first-order chi connectivity index (χ1) is 6.14. The number of hydrogen-bond donors (Lipinski definition) is 1. The molecule has 5 heteroatoms.